The van der Waals surface area contributed by atoms with Crippen LogP contribution >= 0.6 is 11.6 Å². The molecule has 0 spiro atoms. The molecule has 1 aromatic rings. The number of hydrogen-bond acceptors (Lipinski definition) is 3. The molecule has 74 valence electrons. The van der Waals surface area contributed by atoms with Crippen molar-refractivity contribution in [3.63, 3.8) is 0 Å². The van der Waals surface area contributed by atoms with E-state index in [9.17, 15) is 4.21 Å². The van der Waals surface area contributed by atoms with Gasteiger partial charge in [0.15, 0.2) is 0 Å². The zero-order valence-corrected chi connectivity index (χ0v) is 9.01. The maximum absolute atomic E-state index is 11.6. The average molecular weight is 229 g/mol. The van der Waals surface area contributed by atoms with Crippen molar-refractivity contribution < 1.29 is 4.21 Å². The number of hydrogen-bond donors (Lipinski definition) is 0. The summed E-state index contributed by atoms with van der Waals surface area (Å²) in [4.78, 5) is 3.94. The molecule has 0 bridgehead atoms. The van der Waals surface area contributed by atoms with E-state index in [0.717, 1.165) is 0 Å². The summed E-state index contributed by atoms with van der Waals surface area (Å²) in [6.07, 6.45) is 2.58. The molecule has 0 unspecified atom stereocenters. The van der Waals surface area contributed by atoms with E-state index in [4.69, 9.17) is 16.9 Å². The SMILES string of the molecule is N#CCCC[S@@](=O)c1ncccc1Cl. The van der Waals surface area contributed by atoms with Gasteiger partial charge in [-0.1, -0.05) is 11.6 Å². The maximum atomic E-state index is 11.6. The highest BCUT2D eigenvalue weighted by atomic mass is 35.5. The Morgan fingerprint density at radius 2 is 2.43 bits per heavy atom. The second-order valence-corrected chi connectivity index (χ2v) is 4.49. The van der Waals surface area contributed by atoms with E-state index < -0.39 is 10.8 Å². The highest BCUT2D eigenvalue weighted by Crippen LogP contribution is 2.16. The monoisotopic (exact) mass is 228 g/mol. The van der Waals surface area contributed by atoms with Gasteiger partial charge in [0.1, 0.15) is 5.03 Å². The third-order valence-electron chi connectivity index (χ3n) is 1.56. The highest BCUT2D eigenvalue weighted by molar-refractivity contribution is 7.85. The minimum absolute atomic E-state index is 0.409. The van der Waals surface area contributed by atoms with Gasteiger partial charge >= 0.3 is 0 Å². The first-order chi connectivity index (χ1) is 6.75. The van der Waals surface area contributed by atoms with Crippen LogP contribution in [0.1, 0.15) is 12.8 Å². The van der Waals surface area contributed by atoms with Gasteiger partial charge in [-0.15, -0.1) is 0 Å². The van der Waals surface area contributed by atoms with Gasteiger partial charge in [0, 0.05) is 18.4 Å². The molecule has 0 N–H and O–H groups in total. The van der Waals surface area contributed by atoms with Crippen molar-refractivity contribution in [3.05, 3.63) is 23.4 Å². The summed E-state index contributed by atoms with van der Waals surface area (Å²) in [6, 6.07) is 5.35. The lowest BCUT2D eigenvalue weighted by atomic mass is 10.4. The Bertz CT molecular complexity index is 375. The van der Waals surface area contributed by atoms with Crippen molar-refractivity contribution in [1.29, 1.82) is 5.26 Å². The van der Waals surface area contributed by atoms with Gasteiger partial charge in [0.2, 0.25) is 0 Å². The number of nitrogens with zero attached hydrogens (tertiary/aromatic N) is 2. The highest BCUT2D eigenvalue weighted by Gasteiger charge is 2.08. The molecule has 0 radical (unpaired) electrons. The van der Waals surface area contributed by atoms with Gasteiger partial charge in [-0.05, 0) is 18.6 Å². The quantitative estimate of drug-likeness (QED) is 0.742. The molecule has 1 atom stereocenters. The van der Waals surface area contributed by atoms with Crippen molar-refractivity contribution in [1.82, 2.24) is 4.98 Å². The van der Waals surface area contributed by atoms with Gasteiger partial charge < -0.3 is 0 Å². The van der Waals surface area contributed by atoms with Crippen LogP contribution in [0.3, 0.4) is 0 Å². The normalized spacial score (nSPS) is 12.0. The summed E-state index contributed by atoms with van der Waals surface area (Å²) < 4.78 is 11.6. The smallest absolute Gasteiger partial charge is 0.145 e. The Morgan fingerprint density at radius 3 is 3.07 bits per heavy atom. The summed E-state index contributed by atoms with van der Waals surface area (Å²) >= 11 is 5.81. The van der Waals surface area contributed by atoms with E-state index in [1.807, 2.05) is 6.07 Å². The summed E-state index contributed by atoms with van der Waals surface area (Å²) in [7, 11) is -1.19. The number of rotatable bonds is 4. The molecule has 1 heterocycles. The third-order valence-corrected chi connectivity index (χ3v) is 3.39. The first kappa shape index (κ1) is 11.2. The first-order valence-electron chi connectivity index (χ1n) is 4.11. The van der Waals surface area contributed by atoms with Gasteiger partial charge in [-0.25, -0.2) is 4.98 Å². The summed E-state index contributed by atoms with van der Waals surface area (Å²) in [6.45, 7) is 0. The van der Waals surface area contributed by atoms with Crippen LogP contribution in [-0.4, -0.2) is 14.9 Å². The molecule has 0 saturated heterocycles. The number of unbranched alkanes of at least 4 members (excludes halogenated alkanes) is 1. The molecule has 0 aliphatic carbocycles. The molecule has 0 fully saturated rings. The van der Waals surface area contributed by atoms with E-state index in [1.165, 1.54) is 0 Å². The fraction of sp³-hybridized carbons (Fsp3) is 0.333. The number of aromatic nitrogens is 1. The fourth-order valence-electron chi connectivity index (χ4n) is 0.918. The molecular weight excluding hydrogens is 220 g/mol. The zero-order valence-electron chi connectivity index (χ0n) is 7.44. The van der Waals surface area contributed by atoms with E-state index in [-0.39, 0.29) is 0 Å². The Balaban J connectivity index is 2.62. The lowest BCUT2D eigenvalue weighted by Gasteiger charge is -2.00. The van der Waals surface area contributed by atoms with Crippen LogP contribution < -0.4 is 0 Å². The molecule has 5 heteroatoms. The molecule has 0 aliphatic rings. The summed E-state index contributed by atoms with van der Waals surface area (Å²) in [5.74, 6) is 0.435. The van der Waals surface area contributed by atoms with Crippen LogP contribution in [0.4, 0.5) is 0 Å². The molecule has 0 amide bonds. The number of pyridine rings is 1. The second kappa shape index (κ2) is 5.74. The molecule has 0 aromatic carbocycles. The Kier molecular flexibility index (Phi) is 4.57. The van der Waals surface area contributed by atoms with Crippen molar-refractivity contribution >= 4 is 22.4 Å². The van der Waals surface area contributed by atoms with Crippen molar-refractivity contribution in [2.24, 2.45) is 0 Å². The molecule has 1 rings (SSSR count). The predicted octanol–water partition coefficient (Wildman–Crippen LogP) is 2.15. The van der Waals surface area contributed by atoms with Crippen LogP contribution in [0, 0.1) is 11.3 Å². The van der Waals surface area contributed by atoms with Crippen LogP contribution in [0.15, 0.2) is 23.4 Å². The lowest BCUT2D eigenvalue weighted by Crippen LogP contribution is -2.00. The van der Waals surface area contributed by atoms with Crippen LogP contribution in [0.5, 0.6) is 0 Å². The van der Waals surface area contributed by atoms with Gasteiger partial charge in [0.05, 0.1) is 21.9 Å². The first-order valence-corrected chi connectivity index (χ1v) is 5.81. The largest absolute Gasteiger partial charge is 0.253 e. The molecular formula is C9H9ClN2OS. The Morgan fingerprint density at radius 1 is 1.64 bits per heavy atom. The van der Waals surface area contributed by atoms with Crippen molar-refractivity contribution in [2.75, 3.05) is 5.75 Å². The van der Waals surface area contributed by atoms with E-state index >= 15 is 0 Å². The summed E-state index contributed by atoms with van der Waals surface area (Å²) in [5.41, 5.74) is 0. The van der Waals surface area contributed by atoms with Crippen molar-refractivity contribution in [2.45, 2.75) is 17.9 Å². The Labute approximate surface area is 90.2 Å². The van der Waals surface area contributed by atoms with Crippen LogP contribution in [-0.2, 0) is 10.8 Å². The minimum Gasteiger partial charge on any atom is -0.253 e. The van der Waals surface area contributed by atoms with E-state index in [2.05, 4.69) is 4.98 Å². The molecule has 1 aromatic heterocycles. The average Bonchev–Trinajstić information content (AvgIpc) is 2.18. The molecule has 0 saturated carbocycles. The van der Waals surface area contributed by atoms with Gasteiger partial charge in [-0.2, -0.15) is 5.26 Å². The van der Waals surface area contributed by atoms with E-state index in [0.29, 0.717) is 28.6 Å². The predicted molar refractivity (Wildman–Crippen MR) is 55.4 cm³/mol. The molecule has 0 aliphatic heterocycles. The van der Waals surface area contributed by atoms with E-state index in [1.54, 1.807) is 18.3 Å². The molecule has 14 heavy (non-hydrogen) atoms. The minimum atomic E-state index is -1.19. The number of nitriles is 1. The van der Waals surface area contributed by atoms with Crippen molar-refractivity contribution in [3.8, 4) is 6.07 Å². The molecule has 3 nitrogen and oxygen atoms in total. The van der Waals surface area contributed by atoms with Gasteiger partial charge in [-0.3, -0.25) is 4.21 Å². The number of halogens is 1. The zero-order chi connectivity index (χ0) is 10.4. The lowest BCUT2D eigenvalue weighted by molar-refractivity contribution is 0.678. The van der Waals surface area contributed by atoms with Crippen LogP contribution in [0.2, 0.25) is 5.02 Å². The maximum Gasteiger partial charge on any atom is 0.145 e. The Hall–Kier alpha value is -0.920. The third kappa shape index (κ3) is 3.09. The second-order valence-electron chi connectivity index (χ2n) is 2.60. The topological polar surface area (TPSA) is 53.8 Å². The summed E-state index contributed by atoms with van der Waals surface area (Å²) in [5, 5.41) is 9.14. The van der Waals surface area contributed by atoms with Gasteiger partial charge in [0.25, 0.3) is 0 Å². The fourth-order valence-corrected chi connectivity index (χ4v) is 2.36. The van der Waals surface area contributed by atoms with Crippen LogP contribution in [0.25, 0.3) is 0 Å². The standard InChI is InChI=1S/C9H9ClN2OS/c10-8-4-3-6-12-9(8)14(13)7-2-1-5-11/h3-4,6H,1-2,7H2/t14-/m1/s1.